The predicted molar refractivity (Wildman–Crippen MR) is 88.9 cm³/mol. The zero-order chi connectivity index (χ0) is 17.7. The fourth-order valence-electron chi connectivity index (χ4n) is 2.91. The molecule has 0 radical (unpaired) electrons. The van der Waals surface area contributed by atoms with Crippen molar-refractivity contribution < 1.29 is 19.4 Å². The Bertz CT molecular complexity index is 571. The zero-order valence-electron chi connectivity index (χ0n) is 14.6. The van der Waals surface area contributed by atoms with Crippen molar-refractivity contribution in [3.8, 4) is 0 Å². The van der Waals surface area contributed by atoms with Crippen molar-refractivity contribution >= 4 is 11.9 Å². The van der Waals surface area contributed by atoms with Gasteiger partial charge in [-0.15, -0.1) is 0 Å². The number of aliphatic carboxylic acids is 1. The Morgan fingerprint density at radius 3 is 2.67 bits per heavy atom. The number of nitrogens with zero attached hydrogens (tertiary/aromatic N) is 2. The first-order chi connectivity index (χ1) is 11.3. The largest absolute Gasteiger partial charge is 0.480 e. The zero-order valence-corrected chi connectivity index (χ0v) is 14.6. The number of aromatic nitrogens is 2. The van der Waals surface area contributed by atoms with E-state index in [9.17, 15) is 14.7 Å². The molecule has 1 aromatic rings. The molecule has 1 heterocycles. The molecule has 24 heavy (non-hydrogen) atoms. The second-order valence-corrected chi connectivity index (χ2v) is 7.21. The van der Waals surface area contributed by atoms with E-state index in [-0.39, 0.29) is 24.7 Å². The lowest BCUT2D eigenvalue weighted by molar-refractivity contribution is -0.140. The van der Waals surface area contributed by atoms with Crippen LogP contribution in [0, 0.1) is 0 Å². The van der Waals surface area contributed by atoms with E-state index in [1.807, 2.05) is 20.8 Å². The van der Waals surface area contributed by atoms with E-state index in [1.165, 1.54) is 0 Å². The van der Waals surface area contributed by atoms with Crippen molar-refractivity contribution in [1.29, 1.82) is 0 Å². The lowest BCUT2D eigenvalue weighted by atomic mass is 10.1. The molecular formula is C17H27N3O4. The van der Waals surface area contributed by atoms with E-state index >= 15 is 0 Å². The highest BCUT2D eigenvalue weighted by Crippen LogP contribution is 2.29. The molecule has 1 saturated carbocycles. The van der Waals surface area contributed by atoms with Crippen LogP contribution < -0.4 is 5.32 Å². The van der Waals surface area contributed by atoms with Gasteiger partial charge in [-0.05, 0) is 39.7 Å². The van der Waals surface area contributed by atoms with Gasteiger partial charge in [0.15, 0.2) is 0 Å². The van der Waals surface area contributed by atoms with E-state index in [2.05, 4.69) is 10.4 Å². The molecule has 2 N–H and O–H groups in total. The summed E-state index contributed by atoms with van der Waals surface area (Å²) in [6.07, 6.45) is 6.08. The van der Waals surface area contributed by atoms with Crippen LogP contribution in [0.1, 0.15) is 69.4 Å². The van der Waals surface area contributed by atoms with Crippen LogP contribution in [0.15, 0.2) is 12.3 Å². The molecular weight excluding hydrogens is 310 g/mol. The SMILES string of the molecule is CC(C)(C)OCCC(NC(=O)c1ccnn1C1CCCC1)C(=O)O. The van der Waals surface area contributed by atoms with Crippen molar-refractivity contribution in [2.24, 2.45) is 0 Å². The molecule has 2 rings (SSSR count). The van der Waals surface area contributed by atoms with Crippen LogP contribution in [-0.2, 0) is 9.53 Å². The third-order valence-electron chi connectivity index (χ3n) is 4.12. The van der Waals surface area contributed by atoms with Crippen molar-refractivity contribution in [2.45, 2.75) is 70.6 Å². The first kappa shape index (κ1) is 18.4. The van der Waals surface area contributed by atoms with Gasteiger partial charge in [-0.25, -0.2) is 4.79 Å². The Hall–Kier alpha value is -1.89. The average molecular weight is 337 g/mol. The fraction of sp³-hybridized carbons (Fsp3) is 0.706. The Balaban J connectivity index is 1.98. The maximum Gasteiger partial charge on any atom is 0.326 e. The van der Waals surface area contributed by atoms with Gasteiger partial charge < -0.3 is 15.2 Å². The lowest BCUT2D eigenvalue weighted by Gasteiger charge is -2.22. The highest BCUT2D eigenvalue weighted by Gasteiger charge is 2.26. The molecule has 1 aromatic heterocycles. The van der Waals surface area contributed by atoms with Gasteiger partial charge in [0.25, 0.3) is 5.91 Å². The normalized spacial score (nSPS) is 17.0. The van der Waals surface area contributed by atoms with Gasteiger partial charge in [0.05, 0.1) is 11.6 Å². The number of nitrogens with one attached hydrogen (secondary N) is 1. The maximum absolute atomic E-state index is 12.5. The van der Waals surface area contributed by atoms with Gasteiger partial charge >= 0.3 is 5.97 Å². The van der Waals surface area contributed by atoms with E-state index in [1.54, 1.807) is 16.9 Å². The number of hydrogen-bond acceptors (Lipinski definition) is 4. The fourth-order valence-corrected chi connectivity index (χ4v) is 2.91. The summed E-state index contributed by atoms with van der Waals surface area (Å²) >= 11 is 0. The van der Waals surface area contributed by atoms with Gasteiger partial charge in [-0.1, -0.05) is 12.8 Å². The molecule has 134 valence electrons. The van der Waals surface area contributed by atoms with E-state index in [0.717, 1.165) is 25.7 Å². The van der Waals surface area contributed by atoms with Crippen LogP contribution in [-0.4, -0.2) is 45.0 Å². The van der Waals surface area contributed by atoms with Crippen LogP contribution >= 0.6 is 0 Å². The number of carboxylic acid groups (broad SMARTS) is 1. The second kappa shape index (κ2) is 7.79. The molecule has 0 aliphatic heterocycles. The summed E-state index contributed by atoms with van der Waals surface area (Å²) in [5, 5.41) is 16.2. The quantitative estimate of drug-likeness (QED) is 0.797. The third-order valence-corrected chi connectivity index (χ3v) is 4.12. The molecule has 1 fully saturated rings. The molecule has 0 bridgehead atoms. The smallest absolute Gasteiger partial charge is 0.326 e. The predicted octanol–water partition coefficient (Wildman–Crippen LogP) is 2.39. The van der Waals surface area contributed by atoms with E-state index < -0.39 is 17.9 Å². The molecule has 1 unspecified atom stereocenters. The van der Waals surface area contributed by atoms with Gasteiger partial charge in [0.1, 0.15) is 11.7 Å². The second-order valence-electron chi connectivity index (χ2n) is 7.21. The maximum atomic E-state index is 12.5. The first-order valence-electron chi connectivity index (χ1n) is 8.49. The first-order valence-corrected chi connectivity index (χ1v) is 8.49. The Labute approximate surface area is 142 Å². The Kier molecular flexibility index (Phi) is 5.99. The molecule has 7 heteroatoms. The summed E-state index contributed by atoms with van der Waals surface area (Å²) in [5.41, 5.74) is 0.0821. The number of carbonyl (C=O) groups is 2. The molecule has 0 aromatic carbocycles. The van der Waals surface area contributed by atoms with E-state index in [0.29, 0.717) is 5.69 Å². The third kappa shape index (κ3) is 5.06. The molecule has 7 nitrogen and oxygen atoms in total. The Morgan fingerprint density at radius 2 is 2.08 bits per heavy atom. The van der Waals surface area contributed by atoms with Crippen LogP contribution in [0.3, 0.4) is 0 Å². The van der Waals surface area contributed by atoms with Crippen LogP contribution in [0.5, 0.6) is 0 Å². The number of rotatable bonds is 7. The minimum Gasteiger partial charge on any atom is -0.480 e. The summed E-state index contributed by atoms with van der Waals surface area (Å²) in [6, 6.07) is 0.887. The molecule has 1 amide bonds. The molecule has 1 aliphatic carbocycles. The highest BCUT2D eigenvalue weighted by molar-refractivity contribution is 5.95. The molecule has 0 saturated heterocycles. The topological polar surface area (TPSA) is 93.5 Å². The summed E-state index contributed by atoms with van der Waals surface area (Å²) in [4.78, 5) is 23.9. The molecule has 1 aliphatic rings. The molecule has 0 spiro atoms. The van der Waals surface area contributed by atoms with Crippen molar-refractivity contribution in [3.63, 3.8) is 0 Å². The standard InChI is InChI=1S/C17H27N3O4/c1-17(2,3)24-11-9-13(16(22)23)19-15(21)14-8-10-18-20(14)12-6-4-5-7-12/h8,10,12-13H,4-7,9,11H2,1-3H3,(H,19,21)(H,22,23). The summed E-state index contributed by atoms with van der Waals surface area (Å²) < 4.78 is 7.28. The number of hydrogen-bond donors (Lipinski definition) is 2. The summed E-state index contributed by atoms with van der Waals surface area (Å²) in [5.74, 6) is -1.46. The van der Waals surface area contributed by atoms with Crippen molar-refractivity contribution in [3.05, 3.63) is 18.0 Å². The molecule has 1 atom stereocenters. The lowest BCUT2D eigenvalue weighted by Crippen LogP contribution is -2.42. The number of carbonyl (C=O) groups excluding carboxylic acids is 1. The highest BCUT2D eigenvalue weighted by atomic mass is 16.5. The minimum atomic E-state index is -1.06. The van der Waals surface area contributed by atoms with Crippen LogP contribution in [0.2, 0.25) is 0 Å². The van der Waals surface area contributed by atoms with Crippen LogP contribution in [0.4, 0.5) is 0 Å². The van der Waals surface area contributed by atoms with Crippen molar-refractivity contribution in [1.82, 2.24) is 15.1 Å². The summed E-state index contributed by atoms with van der Waals surface area (Å²) in [7, 11) is 0. The minimum absolute atomic E-state index is 0.218. The van der Waals surface area contributed by atoms with Gasteiger partial charge in [-0.3, -0.25) is 9.48 Å². The number of carboxylic acids is 1. The Morgan fingerprint density at radius 1 is 1.42 bits per heavy atom. The van der Waals surface area contributed by atoms with Gasteiger partial charge in [0, 0.05) is 19.2 Å². The van der Waals surface area contributed by atoms with E-state index in [4.69, 9.17) is 4.74 Å². The summed E-state index contributed by atoms with van der Waals surface area (Å²) in [6.45, 7) is 5.98. The number of ether oxygens (including phenoxy) is 1. The van der Waals surface area contributed by atoms with Crippen LogP contribution in [0.25, 0.3) is 0 Å². The van der Waals surface area contributed by atoms with Gasteiger partial charge in [-0.2, -0.15) is 5.10 Å². The average Bonchev–Trinajstić information content (AvgIpc) is 3.15. The number of amides is 1. The van der Waals surface area contributed by atoms with Crippen molar-refractivity contribution in [2.75, 3.05) is 6.61 Å². The van der Waals surface area contributed by atoms with Gasteiger partial charge in [0.2, 0.25) is 0 Å². The monoisotopic (exact) mass is 337 g/mol.